The Hall–Kier alpha value is -2.84. The number of nitrogens with one attached hydrogen (secondary N) is 1. The lowest BCUT2D eigenvalue weighted by Gasteiger charge is -2.49. The van der Waals surface area contributed by atoms with Gasteiger partial charge in [0.1, 0.15) is 12.1 Å². The third kappa shape index (κ3) is 3.43. The van der Waals surface area contributed by atoms with Crippen LogP contribution in [0.5, 0.6) is 0 Å². The summed E-state index contributed by atoms with van der Waals surface area (Å²) in [6.07, 6.45) is -2.82. The van der Waals surface area contributed by atoms with E-state index in [9.17, 15) is 33.3 Å². The quantitative estimate of drug-likeness (QED) is 0.205. The molecule has 1 fully saturated rings. The zero-order valence-corrected chi connectivity index (χ0v) is 18.2. The number of rotatable bonds is 5. The molecule has 4 rings (SSSR count). The summed E-state index contributed by atoms with van der Waals surface area (Å²) < 4.78 is 44.2. The molecule has 0 bridgehead atoms. The predicted molar refractivity (Wildman–Crippen MR) is 113 cm³/mol. The van der Waals surface area contributed by atoms with E-state index in [4.69, 9.17) is 16.2 Å². The Morgan fingerprint density at radius 3 is 2.62 bits per heavy atom. The molecule has 0 amide bonds. The molecule has 14 heteroatoms. The van der Waals surface area contributed by atoms with Gasteiger partial charge in [-0.25, -0.2) is 9.98 Å². The van der Waals surface area contributed by atoms with Crippen LogP contribution < -0.4 is 16.8 Å². The maximum Gasteiger partial charge on any atom is 0.416 e. The first kappa shape index (κ1) is 24.3. The molecule has 3 aliphatic heterocycles. The molecule has 188 valence electrons. The Labute approximate surface area is 192 Å². The van der Waals surface area contributed by atoms with Gasteiger partial charge in [-0.2, -0.15) is 13.2 Å². The lowest BCUT2D eigenvalue weighted by atomic mass is 9.85. The highest BCUT2D eigenvalue weighted by Gasteiger charge is 2.77. The third-order valence-corrected chi connectivity index (χ3v) is 6.70. The number of aliphatic hydroxyl groups excluding tert-OH is 1. The minimum atomic E-state index is -4.54. The summed E-state index contributed by atoms with van der Waals surface area (Å²) in [6.45, 7) is 1.31. The number of carbonyl (C=O) groups is 1. The van der Waals surface area contributed by atoms with E-state index in [1.165, 1.54) is 4.90 Å². The number of aliphatic imine (C=N–C) groups is 2. The van der Waals surface area contributed by atoms with Gasteiger partial charge in [0, 0.05) is 0 Å². The van der Waals surface area contributed by atoms with E-state index < -0.39 is 65.9 Å². The minimum Gasteiger partial charge on any atom is -0.454 e. The molecule has 6 atom stereocenters. The van der Waals surface area contributed by atoms with E-state index in [0.717, 1.165) is 18.2 Å². The van der Waals surface area contributed by atoms with E-state index >= 15 is 0 Å². The third-order valence-electron chi connectivity index (χ3n) is 6.70. The number of hydrogen-bond donors (Lipinski definition) is 6. The van der Waals surface area contributed by atoms with Crippen LogP contribution in [-0.2, 0) is 9.53 Å². The molecule has 0 aromatic rings. The summed E-state index contributed by atoms with van der Waals surface area (Å²) in [4.78, 5) is 22.7. The summed E-state index contributed by atoms with van der Waals surface area (Å²) in [5.41, 5.74) is 9.27. The van der Waals surface area contributed by atoms with Crippen LogP contribution in [0.3, 0.4) is 0 Å². The summed E-state index contributed by atoms with van der Waals surface area (Å²) in [6, 6.07) is -2.90. The first-order chi connectivity index (χ1) is 15.9. The predicted octanol–water partition coefficient (Wildman–Crippen LogP) is -1.20. The van der Waals surface area contributed by atoms with Gasteiger partial charge in [-0.1, -0.05) is 31.6 Å². The molecule has 4 aliphatic rings. The highest BCUT2D eigenvalue weighted by Crippen LogP contribution is 2.49. The van der Waals surface area contributed by atoms with Gasteiger partial charge >= 0.3 is 12.1 Å². The van der Waals surface area contributed by atoms with Gasteiger partial charge in [-0.15, -0.1) is 0 Å². The van der Waals surface area contributed by atoms with Gasteiger partial charge < -0.3 is 41.7 Å². The number of aliphatic hydroxyl groups is 3. The normalized spacial score (nSPS) is 36.1. The highest BCUT2D eigenvalue weighted by atomic mass is 19.4. The molecule has 0 radical (unpaired) electrons. The molecule has 1 spiro atoms. The van der Waals surface area contributed by atoms with Gasteiger partial charge in [0.2, 0.25) is 5.79 Å². The molecule has 8 N–H and O–H groups in total. The molecule has 0 saturated carbocycles. The molecule has 11 nitrogen and oxygen atoms in total. The van der Waals surface area contributed by atoms with Crippen molar-refractivity contribution in [1.29, 1.82) is 0 Å². The Balaban J connectivity index is 1.67. The maximum absolute atomic E-state index is 12.9. The largest absolute Gasteiger partial charge is 0.454 e. The monoisotopic (exact) mass is 488 g/mol. The fourth-order valence-corrected chi connectivity index (χ4v) is 5.23. The average molecular weight is 488 g/mol. The van der Waals surface area contributed by atoms with Crippen LogP contribution in [-0.4, -0.2) is 86.6 Å². The molecular formula is C20H27F3N6O5. The van der Waals surface area contributed by atoms with Crippen molar-refractivity contribution in [3.05, 3.63) is 23.8 Å². The van der Waals surface area contributed by atoms with Crippen molar-refractivity contribution in [2.45, 2.75) is 68.0 Å². The fourth-order valence-electron chi connectivity index (χ4n) is 5.23. The zero-order chi connectivity index (χ0) is 25.1. The molecule has 1 saturated heterocycles. The number of halogens is 3. The number of nitrogens with two attached hydrogens (primary N) is 2. The van der Waals surface area contributed by atoms with Gasteiger partial charge in [-0.05, 0) is 12.8 Å². The Morgan fingerprint density at radius 2 is 2.06 bits per heavy atom. The summed E-state index contributed by atoms with van der Waals surface area (Å²) in [5.74, 6) is -5.07. The van der Waals surface area contributed by atoms with Crippen molar-refractivity contribution < 1.29 is 38.0 Å². The fraction of sp³-hybridized carbons (Fsp3) is 0.650. The van der Waals surface area contributed by atoms with Crippen molar-refractivity contribution in [2.75, 3.05) is 6.61 Å². The van der Waals surface area contributed by atoms with Crippen molar-refractivity contribution in [3.8, 4) is 0 Å². The van der Waals surface area contributed by atoms with Gasteiger partial charge in [0.05, 0.1) is 24.1 Å². The first-order valence-electron chi connectivity index (χ1n) is 10.8. The number of ether oxygens (including phenoxy) is 1. The van der Waals surface area contributed by atoms with E-state index in [0.29, 0.717) is 6.42 Å². The molecule has 1 aliphatic carbocycles. The Kier molecular flexibility index (Phi) is 5.81. The number of hydrogen-bond acceptors (Lipinski definition) is 11. The minimum absolute atomic E-state index is 0.132. The molecule has 0 aromatic carbocycles. The number of carbonyl (C=O) groups excluding carboxylic acids is 1. The number of nitrogens with zero attached hydrogens (tertiary/aromatic N) is 3. The van der Waals surface area contributed by atoms with Crippen LogP contribution in [0.4, 0.5) is 13.2 Å². The van der Waals surface area contributed by atoms with E-state index in [1.54, 1.807) is 0 Å². The van der Waals surface area contributed by atoms with Gasteiger partial charge in [-0.3, -0.25) is 4.79 Å². The van der Waals surface area contributed by atoms with Gasteiger partial charge in [0.15, 0.2) is 23.7 Å². The van der Waals surface area contributed by atoms with Crippen LogP contribution in [0, 0.1) is 5.92 Å². The lowest BCUT2D eigenvalue weighted by molar-refractivity contribution is -0.264. The maximum atomic E-state index is 12.9. The lowest BCUT2D eigenvalue weighted by Crippen LogP contribution is -2.77. The van der Waals surface area contributed by atoms with Crippen molar-refractivity contribution in [1.82, 2.24) is 10.2 Å². The van der Waals surface area contributed by atoms with Crippen LogP contribution in [0.2, 0.25) is 0 Å². The van der Waals surface area contributed by atoms with Crippen LogP contribution in [0.15, 0.2) is 33.8 Å². The first-order valence-corrected chi connectivity index (χ1v) is 10.8. The molecule has 3 heterocycles. The Morgan fingerprint density at radius 1 is 1.35 bits per heavy atom. The molecule has 34 heavy (non-hydrogen) atoms. The van der Waals surface area contributed by atoms with Crippen LogP contribution >= 0.6 is 0 Å². The second kappa shape index (κ2) is 8.13. The summed E-state index contributed by atoms with van der Waals surface area (Å²) in [5, 5.41) is 35.4. The highest BCUT2D eigenvalue weighted by molar-refractivity contribution is 5.88. The topological polar surface area (TPSA) is 179 Å². The second-order valence-corrected chi connectivity index (χ2v) is 8.76. The summed E-state index contributed by atoms with van der Waals surface area (Å²) >= 11 is 0. The van der Waals surface area contributed by atoms with Crippen molar-refractivity contribution in [3.63, 3.8) is 0 Å². The summed E-state index contributed by atoms with van der Waals surface area (Å²) in [7, 11) is 0. The number of alkyl halides is 3. The number of allylic oxidation sites excluding steroid dienone is 3. The van der Waals surface area contributed by atoms with E-state index in [-0.39, 0.29) is 24.8 Å². The Bertz CT molecular complexity index is 980. The number of guanidine groups is 2. The zero-order valence-electron chi connectivity index (χ0n) is 18.2. The molecule has 2 unspecified atom stereocenters. The SMILES string of the molecule is CCC[C@H]1[C@H](OC(=O)[C@H]2C=CC(C(F)(F)F)=CC2)C(O)(O)C23NC(N)=NC2[C@H](CO)N=C(N)N13. The van der Waals surface area contributed by atoms with Crippen LogP contribution in [0.1, 0.15) is 26.2 Å². The van der Waals surface area contributed by atoms with Crippen LogP contribution in [0.25, 0.3) is 0 Å². The number of esters is 1. The standard InChI is InChI=1S/C20H27F3N6O5/c1-2-3-12-14(34-15(31)9-4-6-10(7-5-9)20(21,22)23)19(32,33)18-13(27-16(24)28-18)11(8-30)26-17(25)29(12)18/h4,6-7,9,11-14,30,32-33H,2-3,5,8H2,1H3,(H2,25,26)(H3,24,27,28)/t9-,11-,12-,13?,14-,18?/m0/s1. The van der Waals surface area contributed by atoms with E-state index in [1.807, 2.05) is 6.92 Å². The smallest absolute Gasteiger partial charge is 0.416 e. The van der Waals surface area contributed by atoms with Crippen molar-refractivity contribution in [2.24, 2.45) is 27.4 Å². The van der Waals surface area contributed by atoms with Gasteiger partial charge in [0.25, 0.3) is 0 Å². The molecular weight excluding hydrogens is 461 g/mol. The van der Waals surface area contributed by atoms with Crippen molar-refractivity contribution >= 4 is 17.9 Å². The molecule has 0 aromatic heterocycles. The second-order valence-electron chi connectivity index (χ2n) is 8.76. The average Bonchev–Trinajstić information content (AvgIpc) is 3.21. The van der Waals surface area contributed by atoms with E-state index in [2.05, 4.69) is 15.3 Å².